The summed E-state index contributed by atoms with van der Waals surface area (Å²) in [6, 6.07) is 18.4. The van der Waals surface area contributed by atoms with Crippen LogP contribution in [0.15, 0.2) is 60.8 Å². The molecule has 3 rings (SSSR count). The van der Waals surface area contributed by atoms with Gasteiger partial charge in [0.15, 0.2) is 0 Å². The van der Waals surface area contributed by atoms with Crippen molar-refractivity contribution in [2.24, 2.45) is 0 Å². The quantitative estimate of drug-likeness (QED) is 0.701. The predicted molar refractivity (Wildman–Crippen MR) is 97.5 cm³/mol. The minimum atomic E-state index is 0.127. The smallest absolute Gasteiger partial charge is 0.236 e. The van der Waals surface area contributed by atoms with Gasteiger partial charge in [-0.3, -0.25) is 4.79 Å². The molecule has 0 aliphatic rings. The summed E-state index contributed by atoms with van der Waals surface area (Å²) in [6.45, 7) is 4.42. The summed E-state index contributed by atoms with van der Waals surface area (Å²) in [4.78, 5) is 17.5. The number of rotatable bonds is 7. The Kier molecular flexibility index (Phi) is 5.29. The number of nitrogens with zero attached hydrogens (tertiary/aromatic N) is 1. The fraction of sp³-hybridized carbons (Fsp3) is 0.250. The molecule has 1 amide bonds. The van der Waals surface area contributed by atoms with E-state index in [1.54, 1.807) is 0 Å². The number of H-pyrrole nitrogens is 1. The van der Waals surface area contributed by atoms with Gasteiger partial charge in [-0.2, -0.15) is 0 Å². The van der Waals surface area contributed by atoms with Crippen molar-refractivity contribution >= 4 is 16.8 Å². The summed E-state index contributed by atoms with van der Waals surface area (Å²) in [5.41, 5.74) is 3.48. The number of carbonyl (C=O) groups is 1. The molecule has 4 heteroatoms. The number of fused-ring (bicyclic) bond motifs is 1. The van der Waals surface area contributed by atoms with E-state index in [0.29, 0.717) is 26.2 Å². The van der Waals surface area contributed by atoms with E-state index in [1.807, 2.05) is 42.3 Å². The second-order valence-corrected chi connectivity index (χ2v) is 5.85. The van der Waals surface area contributed by atoms with E-state index in [1.165, 1.54) is 10.9 Å². The maximum atomic E-state index is 12.4. The molecule has 0 fully saturated rings. The van der Waals surface area contributed by atoms with E-state index in [2.05, 4.69) is 40.6 Å². The van der Waals surface area contributed by atoms with Crippen molar-refractivity contribution in [3.05, 3.63) is 71.9 Å². The van der Waals surface area contributed by atoms with Crippen LogP contribution < -0.4 is 5.32 Å². The van der Waals surface area contributed by atoms with Gasteiger partial charge in [0.1, 0.15) is 0 Å². The second kappa shape index (κ2) is 7.79. The van der Waals surface area contributed by atoms with Crippen LogP contribution in [0.1, 0.15) is 18.1 Å². The van der Waals surface area contributed by atoms with Gasteiger partial charge < -0.3 is 15.2 Å². The first-order chi connectivity index (χ1) is 11.8. The predicted octanol–water partition coefficient (Wildman–Crippen LogP) is 3.31. The maximum Gasteiger partial charge on any atom is 0.236 e. The number of carbonyl (C=O) groups excluding carboxylic acids is 1. The van der Waals surface area contributed by atoms with E-state index in [9.17, 15) is 4.79 Å². The van der Waals surface area contributed by atoms with E-state index in [-0.39, 0.29) is 5.91 Å². The molecule has 2 N–H and O–H groups in total. The Hall–Kier alpha value is -2.59. The van der Waals surface area contributed by atoms with Crippen molar-refractivity contribution in [3.8, 4) is 0 Å². The topological polar surface area (TPSA) is 48.1 Å². The molecule has 0 bridgehead atoms. The van der Waals surface area contributed by atoms with Gasteiger partial charge in [0.05, 0.1) is 6.54 Å². The number of hydrogen-bond donors (Lipinski definition) is 2. The highest BCUT2D eigenvalue weighted by Gasteiger charge is 2.12. The summed E-state index contributed by atoms with van der Waals surface area (Å²) < 4.78 is 0. The zero-order valence-corrected chi connectivity index (χ0v) is 14.0. The van der Waals surface area contributed by atoms with Crippen molar-refractivity contribution in [1.29, 1.82) is 0 Å². The van der Waals surface area contributed by atoms with Gasteiger partial charge in [-0.05, 0) is 30.2 Å². The highest BCUT2D eigenvalue weighted by Crippen LogP contribution is 2.16. The molecule has 124 valence electrons. The lowest BCUT2D eigenvalue weighted by Gasteiger charge is -2.21. The molecule has 0 aliphatic heterocycles. The van der Waals surface area contributed by atoms with Crippen molar-refractivity contribution in [2.75, 3.05) is 13.1 Å². The number of hydrogen-bond acceptors (Lipinski definition) is 2. The first kappa shape index (κ1) is 16.3. The summed E-state index contributed by atoms with van der Waals surface area (Å²) in [7, 11) is 0. The van der Waals surface area contributed by atoms with Crippen LogP contribution in [0.3, 0.4) is 0 Å². The Labute approximate surface area is 142 Å². The maximum absolute atomic E-state index is 12.4. The number of nitrogens with one attached hydrogen (secondary N) is 2. The van der Waals surface area contributed by atoms with Crippen LogP contribution >= 0.6 is 0 Å². The van der Waals surface area contributed by atoms with Gasteiger partial charge in [-0.25, -0.2) is 0 Å². The number of likely N-dealkylation sites (N-methyl/N-ethyl adjacent to an activating group) is 1. The van der Waals surface area contributed by atoms with Gasteiger partial charge >= 0.3 is 0 Å². The summed E-state index contributed by atoms with van der Waals surface area (Å²) in [5.74, 6) is 0.127. The van der Waals surface area contributed by atoms with Gasteiger partial charge in [0.25, 0.3) is 0 Å². The number of aromatic amines is 1. The zero-order chi connectivity index (χ0) is 16.8. The SMILES string of the molecule is CCN(Cc1ccccc1)C(=O)CNCc1cccc2[nH]ccc12. The summed E-state index contributed by atoms with van der Waals surface area (Å²) >= 11 is 0. The van der Waals surface area contributed by atoms with Crippen LogP contribution in [0.25, 0.3) is 10.9 Å². The lowest BCUT2D eigenvalue weighted by atomic mass is 10.1. The minimum absolute atomic E-state index is 0.127. The third-order valence-electron chi connectivity index (χ3n) is 4.23. The van der Waals surface area contributed by atoms with E-state index in [0.717, 1.165) is 11.1 Å². The molecule has 0 radical (unpaired) electrons. The van der Waals surface area contributed by atoms with Crippen molar-refractivity contribution in [2.45, 2.75) is 20.0 Å². The molecule has 0 atom stereocenters. The largest absolute Gasteiger partial charge is 0.361 e. The lowest BCUT2D eigenvalue weighted by molar-refractivity contribution is -0.130. The fourth-order valence-corrected chi connectivity index (χ4v) is 2.90. The highest BCUT2D eigenvalue weighted by molar-refractivity contribution is 5.83. The van der Waals surface area contributed by atoms with Crippen LogP contribution in [0, 0.1) is 0 Å². The molecule has 1 heterocycles. The summed E-state index contributed by atoms with van der Waals surface area (Å²) in [5, 5.41) is 4.48. The van der Waals surface area contributed by atoms with Crippen LogP contribution in [0.5, 0.6) is 0 Å². The van der Waals surface area contributed by atoms with Gasteiger partial charge in [0, 0.05) is 36.7 Å². The van der Waals surface area contributed by atoms with E-state index in [4.69, 9.17) is 0 Å². The van der Waals surface area contributed by atoms with Crippen molar-refractivity contribution in [1.82, 2.24) is 15.2 Å². The average Bonchev–Trinajstić information content (AvgIpc) is 3.10. The van der Waals surface area contributed by atoms with Crippen LogP contribution in [0.2, 0.25) is 0 Å². The Morgan fingerprint density at radius 3 is 2.71 bits per heavy atom. The molecule has 2 aromatic carbocycles. The van der Waals surface area contributed by atoms with Crippen LogP contribution in [0.4, 0.5) is 0 Å². The third-order valence-corrected chi connectivity index (χ3v) is 4.23. The third kappa shape index (κ3) is 3.84. The average molecular weight is 321 g/mol. The van der Waals surface area contributed by atoms with Crippen LogP contribution in [-0.4, -0.2) is 28.9 Å². The van der Waals surface area contributed by atoms with Gasteiger partial charge in [-0.1, -0.05) is 42.5 Å². The molecule has 0 aliphatic carbocycles. The molecule has 0 saturated heterocycles. The Morgan fingerprint density at radius 1 is 1.08 bits per heavy atom. The van der Waals surface area contributed by atoms with E-state index >= 15 is 0 Å². The molecule has 0 spiro atoms. The first-order valence-electron chi connectivity index (χ1n) is 8.35. The van der Waals surface area contributed by atoms with Gasteiger partial charge in [0.2, 0.25) is 5.91 Å². The number of amides is 1. The number of benzene rings is 2. The van der Waals surface area contributed by atoms with Gasteiger partial charge in [-0.15, -0.1) is 0 Å². The molecule has 4 nitrogen and oxygen atoms in total. The highest BCUT2D eigenvalue weighted by atomic mass is 16.2. The van der Waals surface area contributed by atoms with Crippen LogP contribution in [-0.2, 0) is 17.9 Å². The second-order valence-electron chi connectivity index (χ2n) is 5.85. The molecular weight excluding hydrogens is 298 g/mol. The first-order valence-corrected chi connectivity index (χ1v) is 8.35. The van der Waals surface area contributed by atoms with E-state index < -0.39 is 0 Å². The molecule has 24 heavy (non-hydrogen) atoms. The lowest BCUT2D eigenvalue weighted by Crippen LogP contribution is -2.37. The molecule has 3 aromatic rings. The van der Waals surface area contributed by atoms with Crippen molar-refractivity contribution < 1.29 is 4.79 Å². The Balaban J connectivity index is 1.55. The standard InChI is InChI=1S/C20H23N3O/c1-2-23(15-16-7-4-3-5-8-16)20(24)14-21-13-17-9-6-10-19-18(17)11-12-22-19/h3-12,21-22H,2,13-15H2,1H3. The monoisotopic (exact) mass is 321 g/mol. The number of aromatic nitrogens is 1. The van der Waals surface area contributed by atoms with Crippen molar-refractivity contribution in [3.63, 3.8) is 0 Å². The zero-order valence-electron chi connectivity index (χ0n) is 14.0. The normalized spacial score (nSPS) is 10.9. The minimum Gasteiger partial charge on any atom is -0.361 e. The Morgan fingerprint density at radius 2 is 1.92 bits per heavy atom. The molecule has 0 saturated carbocycles. The Bertz CT molecular complexity index is 795. The molecule has 1 aromatic heterocycles. The molecular formula is C20H23N3O. The molecule has 0 unspecified atom stereocenters. The summed E-state index contributed by atoms with van der Waals surface area (Å²) in [6.07, 6.45) is 1.94. The fourth-order valence-electron chi connectivity index (χ4n) is 2.90.